The number of hydrogen-bond donors (Lipinski definition) is 7. The van der Waals surface area contributed by atoms with Crippen molar-refractivity contribution >= 4 is 41.4 Å². The van der Waals surface area contributed by atoms with Gasteiger partial charge in [0, 0.05) is 6.42 Å². The van der Waals surface area contributed by atoms with Crippen LogP contribution < -0.4 is 27.4 Å². The van der Waals surface area contributed by atoms with E-state index < -0.39 is 60.4 Å². The van der Waals surface area contributed by atoms with Crippen LogP contribution in [0.25, 0.3) is 0 Å². The summed E-state index contributed by atoms with van der Waals surface area (Å²) in [6.07, 6.45) is 1.54. The number of nitrogens with one attached hydrogen (secondary N) is 3. The molecule has 4 unspecified atom stereocenters. The Morgan fingerprint density at radius 3 is 1.90 bits per heavy atom. The van der Waals surface area contributed by atoms with E-state index in [0.29, 0.717) is 5.75 Å². The Labute approximate surface area is 172 Å². The highest BCUT2D eigenvalue weighted by atomic mass is 32.2. The molecule has 0 rings (SSSR count). The van der Waals surface area contributed by atoms with Gasteiger partial charge in [0.15, 0.2) is 0 Å². The molecule has 0 aliphatic carbocycles. The lowest BCUT2D eigenvalue weighted by Gasteiger charge is -2.23. The number of primary amides is 1. The largest absolute Gasteiger partial charge is 0.480 e. The van der Waals surface area contributed by atoms with E-state index in [-0.39, 0.29) is 19.3 Å². The molecule has 4 atom stereocenters. The summed E-state index contributed by atoms with van der Waals surface area (Å²) in [5.74, 6) is -3.86. The van der Waals surface area contributed by atoms with Gasteiger partial charge in [-0.2, -0.15) is 11.8 Å². The molecule has 0 fully saturated rings. The van der Waals surface area contributed by atoms with Crippen LogP contribution in [-0.2, 0) is 24.0 Å². The molecule has 29 heavy (non-hydrogen) atoms. The first-order valence-electron chi connectivity index (χ1n) is 8.81. The van der Waals surface area contributed by atoms with Gasteiger partial charge in [-0.1, -0.05) is 0 Å². The van der Waals surface area contributed by atoms with Crippen LogP contribution in [0.2, 0.25) is 0 Å². The number of thioether (sulfide) groups is 1. The third-order valence-electron chi connectivity index (χ3n) is 3.77. The standard InChI is InChI=1S/C16H29N5O7S/c1-8(17)13(24)19-9(5-6-29-2)14(25)21-11(7-22)15(26)20-10(16(27)28)3-4-12(18)23/h8-11,22H,3-7,17H2,1-2H3,(H2,18,23)(H,19,24)(H,20,26)(H,21,25)(H,27,28). The smallest absolute Gasteiger partial charge is 0.326 e. The van der Waals surface area contributed by atoms with Crippen LogP contribution in [0.5, 0.6) is 0 Å². The molecule has 12 nitrogen and oxygen atoms in total. The average molecular weight is 436 g/mol. The number of aliphatic carboxylic acids is 1. The van der Waals surface area contributed by atoms with Crippen molar-refractivity contribution in [3.05, 3.63) is 0 Å². The van der Waals surface area contributed by atoms with Gasteiger partial charge in [0.1, 0.15) is 18.1 Å². The Kier molecular flexibility index (Phi) is 12.6. The highest BCUT2D eigenvalue weighted by Crippen LogP contribution is 2.03. The Balaban J connectivity index is 5.09. The van der Waals surface area contributed by atoms with E-state index in [1.54, 1.807) is 0 Å². The van der Waals surface area contributed by atoms with Crippen LogP contribution in [-0.4, -0.2) is 82.6 Å². The molecule has 9 N–H and O–H groups in total. The van der Waals surface area contributed by atoms with Crippen LogP contribution >= 0.6 is 11.8 Å². The zero-order valence-corrected chi connectivity index (χ0v) is 17.2. The van der Waals surface area contributed by atoms with Gasteiger partial charge in [0.25, 0.3) is 0 Å². The molecule has 0 aliphatic heterocycles. The number of carbonyl (C=O) groups is 5. The van der Waals surface area contributed by atoms with Crippen LogP contribution in [0, 0.1) is 0 Å². The third kappa shape index (κ3) is 10.7. The highest BCUT2D eigenvalue weighted by molar-refractivity contribution is 7.98. The number of nitrogens with two attached hydrogens (primary N) is 2. The first-order valence-corrected chi connectivity index (χ1v) is 10.2. The first kappa shape index (κ1) is 26.6. The summed E-state index contributed by atoms with van der Waals surface area (Å²) in [7, 11) is 0. The van der Waals surface area contributed by atoms with Gasteiger partial charge in [0.2, 0.25) is 23.6 Å². The number of amides is 4. The lowest BCUT2D eigenvalue weighted by molar-refractivity contribution is -0.143. The maximum Gasteiger partial charge on any atom is 0.326 e. The second-order valence-corrected chi connectivity index (χ2v) is 7.27. The van der Waals surface area contributed by atoms with E-state index in [4.69, 9.17) is 16.6 Å². The number of aliphatic hydroxyl groups is 1. The summed E-state index contributed by atoms with van der Waals surface area (Å²) < 4.78 is 0. The molecule has 4 amide bonds. The van der Waals surface area contributed by atoms with Crippen molar-refractivity contribution in [2.24, 2.45) is 11.5 Å². The highest BCUT2D eigenvalue weighted by Gasteiger charge is 2.29. The Morgan fingerprint density at radius 1 is 0.931 bits per heavy atom. The van der Waals surface area contributed by atoms with E-state index in [2.05, 4.69) is 16.0 Å². The second kappa shape index (κ2) is 13.7. The van der Waals surface area contributed by atoms with Crippen molar-refractivity contribution < 1.29 is 34.2 Å². The van der Waals surface area contributed by atoms with Gasteiger partial charge >= 0.3 is 5.97 Å². The number of hydrogen-bond acceptors (Lipinski definition) is 8. The van der Waals surface area contributed by atoms with Crippen LogP contribution in [0.1, 0.15) is 26.2 Å². The zero-order valence-electron chi connectivity index (χ0n) is 16.3. The third-order valence-corrected chi connectivity index (χ3v) is 4.41. The number of carbonyl (C=O) groups excluding carboxylic acids is 4. The topological polar surface area (TPSA) is 214 Å². The molecule has 0 radical (unpaired) electrons. The van der Waals surface area contributed by atoms with Crippen LogP contribution in [0.3, 0.4) is 0 Å². The Hall–Kier alpha value is -2.38. The van der Waals surface area contributed by atoms with Crippen molar-refractivity contribution in [3.8, 4) is 0 Å². The summed E-state index contributed by atoms with van der Waals surface area (Å²) in [6.45, 7) is 0.636. The monoisotopic (exact) mass is 435 g/mol. The lowest BCUT2D eigenvalue weighted by atomic mass is 10.1. The maximum absolute atomic E-state index is 12.5. The van der Waals surface area contributed by atoms with Gasteiger partial charge in [0.05, 0.1) is 12.6 Å². The molecular weight excluding hydrogens is 406 g/mol. The van der Waals surface area contributed by atoms with Gasteiger partial charge < -0.3 is 37.6 Å². The minimum Gasteiger partial charge on any atom is -0.480 e. The zero-order chi connectivity index (χ0) is 22.6. The number of rotatable bonds is 14. The van der Waals surface area contributed by atoms with Crippen LogP contribution in [0.15, 0.2) is 0 Å². The summed E-state index contributed by atoms with van der Waals surface area (Å²) in [5, 5.41) is 25.4. The summed E-state index contributed by atoms with van der Waals surface area (Å²) >= 11 is 1.44. The van der Waals surface area contributed by atoms with Crippen molar-refractivity contribution in [3.63, 3.8) is 0 Å². The number of carboxylic acids is 1. The average Bonchev–Trinajstić information content (AvgIpc) is 2.65. The van der Waals surface area contributed by atoms with Crippen molar-refractivity contribution in [2.75, 3.05) is 18.6 Å². The Morgan fingerprint density at radius 2 is 1.45 bits per heavy atom. The van der Waals surface area contributed by atoms with Gasteiger partial charge in [-0.3, -0.25) is 19.2 Å². The molecule has 0 saturated carbocycles. The SMILES string of the molecule is CSCCC(NC(=O)C(C)N)C(=O)NC(CO)C(=O)NC(CCC(N)=O)C(=O)O. The first-order chi connectivity index (χ1) is 13.5. The Bertz CT molecular complexity index is 602. The van der Waals surface area contributed by atoms with E-state index in [0.717, 1.165) is 0 Å². The minimum absolute atomic E-state index is 0.247. The normalized spacial score (nSPS) is 14.8. The second-order valence-electron chi connectivity index (χ2n) is 6.28. The predicted octanol–water partition coefficient (Wildman–Crippen LogP) is -3.12. The molecular formula is C16H29N5O7S. The van der Waals surface area contributed by atoms with Crippen molar-refractivity contribution in [1.82, 2.24) is 16.0 Å². The molecule has 0 heterocycles. The number of carboxylic acid groups (broad SMARTS) is 1. The fourth-order valence-electron chi connectivity index (χ4n) is 2.09. The summed E-state index contributed by atoms with van der Waals surface area (Å²) in [5.41, 5.74) is 10.5. The summed E-state index contributed by atoms with van der Waals surface area (Å²) in [6, 6.07) is -4.72. The van der Waals surface area contributed by atoms with Gasteiger partial charge in [-0.15, -0.1) is 0 Å². The molecule has 0 aromatic carbocycles. The maximum atomic E-state index is 12.5. The molecule has 0 aromatic rings. The molecule has 0 bridgehead atoms. The van der Waals surface area contributed by atoms with E-state index in [1.807, 2.05) is 6.26 Å². The van der Waals surface area contributed by atoms with Crippen molar-refractivity contribution in [1.29, 1.82) is 0 Å². The van der Waals surface area contributed by atoms with E-state index in [9.17, 15) is 29.1 Å². The van der Waals surface area contributed by atoms with E-state index in [1.165, 1.54) is 18.7 Å². The molecule has 0 saturated heterocycles. The summed E-state index contributed by atoms with van der Waals surface area (Å²) in [4.78, 5) is 58.6. The lowest BCUT2D eigenvalue weighted by Crippen LogP contribution is -2.58. The van der Waals surface area contributed by atoms with E-state index >= 15 is 0 Å². The fraction of sp³-hybridized carbons (Fsp3) is 0.688. The molecule has 0 aliphatic rings. The molecule has 13 heteroatoms. The van der Waals surface area contributed by atoms with Gasteiger partial charge in [-0.05, 0) is 31.8 Å². The quantitative estimate of drug-likeness (QED) is 0.147. The van der Waals surface area contributed by atoms with Crippen LogP contribution in [0.4, 0.5) is 0 Å². The number of aliphatic hydroxyl groups excluding tert-OH is 1. The van der Waals surface area contributed by atoms with Crippen molar-refractivity contribution in [2.45, 2.75) is 50.4 Å². The molecule has 166 valence electrons. The predicted molar refractivity (Wildman–Crippen MR) is 106 cm³/mol. The van der Waals surface area contributed by atoms with Gasteiger partial charge in [-0.25, -0.2) is 4.79 Å². The fourth-order valence-corrected chi connectivity index (χ4v) is 2.56. The molecule has 0 aromatic heterocycles. The minimum atomic E-state index is -1.46. The molecule has 0 spiro atoms.